The molecular weight excluding hydrogens is 322 g/mol. The predicted octanol–water partition coefficient (Wildman–Crippen LogP) is 2.95. The second-order valence-corrected chi connectivity index (χ2v) is 5.83. The van der Waals surface area contributed by atoms with Gasteiger partial charge in [0.2, 0.25) is 5.91 Å². The zero-order valence-electron chi connectivity index (χ0n) is 8.26. The quantitative estimate of drug-likeness (QED) is 0.787. The van der Waals surface area contributed by atoms with Crippen LogP contribution in [0.25, 0.3) is 0 Å². The van der Waals surface area contributed by atoms with Crippen LogP contribution >= 0.6 is 31.9 Å². The highest BCUT2D eigenvalue weighted by molar-refractivity contribution is 9.10. The van der Waals surface area contributed by atoms with E-state index in [0.717, 1.165) is 10.9 Å². The molecule has 1 N–H and O–H groups in total. The number of rotatable bonds is 1. The smallest absolute Gasteiger partial charge is 0.217 e. The summed E-state index contributed by atoms with van der Waals surface area (Å²) >= 11 is 7.06. The zero-order valence-corrected chi connectivity index (χ0v) is 11.4. The maximum Gasteiger partial charge on any atom is 0.217 e. The molecule has 0 heterocycles. The summed E-state index contributed by atoms with van der Waals surface area (Å²) in [6, 6.07) is 6.30. The van der Waals surface area contributed by atoms with E-state index in [4.69, 9.17) is 0 Å². The molecule has 0 spiro atoms. The highest BCUT2D eigenvalue weighted by atomic mass is 79.9. The fourth-order valence-electron chi connectivity index (χ4n) is 1.96. The Labute approximate surface area is 106 Å². The summed E-state index contributed by atoms with van der Waals surface area (Å²) in [7, 11) is 0. The molecule has 0 radical (unpaired) electrons. The van der Waals surface area contributed by atoms with Gasteiger partial charge in [-0.25, -0.2) is 0 Å². The maximum atomic E-state index is 11.1. The van der Waals surface area contributed by atoms with Gasteiger partial charge in [-0.15, -0.1) is 0 Å². The first-order valence-electron chi connectivity index (χ1n) is 4.77. The van der Waals surface area contributed by atoms with Crippen molar-refractivity contribution in [1.29, 1.82) is 0 Å². The fraction of sp³-hybridized carbons (Fsp3) is 0.364. The minimum atomic E-state index is 0.0141. The lowest BCUT2D eigenvalue weighted by Gasteiger charge is -2.16. The molecule has 1 aliphatic rings. The van der Waals surface area contributed by atoms with Crippen LogP contribution in [0.4, 0.5) is 0 Å². The Morgan fingerprint density at radius 1 is 1.53 bits per heavy atom. The summed E-state index contributed by atoms with van der Waals surface area (Å²) in [5.74, 6) is 0.0141. The predicted molar refractivity (Wildman–Crippen MR) is 67.1 cm³/mol. The standard InChI is InChI=1S/C11H11Br2NO/c1-6(15)14-11-9-3-2-8(12)4-7(9)5-10(11)13/h2-4,10-11H,5H2,1H3,(H,14,15). The maximum absolute atomic E-state index is 11.1. The van der Waals surface area contributed by atoms with Crippen molar-refractivity contribution >= 4 is 37.8 Å². The van der Waals surface area contributed by atoms with Crippen LogP contribution in [0.15, 0.2) is 22.7 Å². The van der Waals surface area contributed by atoms with Crippen molar-refractivity contribution in [1.82, 2.24) is 5.32 Å². The molecule has 80 valence electrons. The van der Waals surface area contributed by atoms with Crippen molar-refractivity contribution in [3.63, 3.8) is 0 Å². The summed E-state index contributed by atoms with van der Waals surface area (Å²) in [6.07, 6.45) is 0.958. The van der Waals surface area contributed by atoms with Crippen LogP contribution in [-0.2, 0) is 11.2 Å². The van der Waals surface area contributed by atoms with Gasteiger partial charge in [0.15, 0.2) is 0 Å². The Kier molecular flexibility index (Phi) is 3.16. The van der Waals surface area contributed by atoms with Crippen LogP contribution in [0, 0.1) is 0 Å². The molecule has 2 unspecified atom stereocenters. The summed E-state index contributed by atoms with van der Waals surface area (Å²) in [6.45, 7) is 1.55. The second kappa shape index (κ2) is 4.26. The number of fused-ring (bicyclic) bond motifs is 1. The van der Waals surface area contributed by atoms with Crippen LogP contribution in [0.5, 0.6) is 0 Å². The number of alkyl halides is 1. The molecule has 0 aromatic heterocycles. The highest BCUT2D eigenvalue weighted by Crippen LogP contribution is 2.37. The van der Waals surface area contributed by atoms with Gasteiger partial charge in [0.1, 0.15) is 0 Å². The van der Waals surface area contributed by atoms with Crippen molar-refractivity contribution in [2.24, 2.45) is 0 Å². The van der Waals surface area contributed by atoms with Gasteiger partial charge in [-0.2, -0.15) is 0 Å². The molecule has 1 aliphatic carbocycles. The van der Waals surface area contributed by atoms with Gasteiger partial charge in [-0.05, 0) is 29.7 Å². The Hall–Kier alpha value is -0.350. The van der Waals surface area contributed by atoms with E-state index < -0.39 is 0 Å². The largest absolute Gasteiger partial charge is 0.348 e. The first-order chi connectivity index (χ1) is 7.08. The molecule has 2 atom stereocenters. The van der Waals surface area contributed by atoms with E-state index in [1.807, 2.05) is 6.07 Å². The topological polar surface area (TPSA) is 29.1 Å². The normalized spacial score (nSPS) is 23.7. The fourth-order valence-corrected chi connectivity index (χ4v) is 3.14. The molecule has 0 saturated heterocycles. The highest BCUT2D eigenvalue weighted by Gasteiger charge is 2.31. The number of carbonyl (C=O) groups excluding carboxylic acids is 1. The number of amides is 1. The molecule has 0 saturated carbocycles. The van der Waals surface area contributed by atoms with Crippen LogP contribution in [0.1, 0.15) is 24.1 Å². The molecule has 1 amide bonds. The number of halogens is 2. The average molecular weight is 333 g/mol. The third-order valence-corrected chi connectivity index (χ3v) is 3.92. The van der Waals surface area contributed by atoms with E-state index in [2.05, 4.69) is 49.3 Å². The molecule has 1 aromatic carbocycles. The van der Waals surface area contributed by atoms with E-state index in [1.54, 1.807) is 6.92 Å². The van der Waals surface area contributed by atoms with Gasteiger partial charge < -0.3 is 5.32 Å². The van der Waals surface area contributed by atoms with Crippen molar-refractivity contribution in [2.45, 2.75) is 24.2 Å². The average Bonchev–Trinajstić information content (AvgIpc) is 2.41. The van der Waals surface area contributed by atoms with Gasteiger partial charge in [0.05, 0.1) is 6.04 Å². The molecule has 2 rings (SSSR count). The number of carbonyl (C=O) groups is 1. The van der Waals surface area contributed by atoms with Crippen LogP contribution in [-0.4, -0.2) is 10.7 Å². The van der Waals surface area contributed by atoms with Crippen LogP contribution < -0.4 is 5.32 Å². The Morgan fingerprint density at radius 3 is 2.93 bits per heavy atom. The van der Waals surface area contributed by atoms with Gasteiger partial charge in [0, 0.05) is 16.2 Å². The zero-order chi connectivity index (χ0) is 11.0. The van der Waals surface area contributed by atoms with Crippen LogP contribution in [0.2, 0.25) is 0 Å². The summed E-state index contributed by atoms with van der Waals surface area (Å²) in [4.78, 5) is 11.4. The third-order valence-electron chi connectivity index (χ3n) is 2.58. The summed E-state index contributed by atoms with van der Waals surface area (Å²) in [5.41, 5.74) is 2.51. The monoisotopic (exact) mass is 331 g/mol. The number of nitrogens with one attached hydrogen (secondary N) is 1. The van der Waals surface area contributed by atoms with Gasteiger partial charge >= 0.3 is 0 Å². The molecule has 0 aliphatic heterocycles. The summed E-state index contributed by atoms with van der Waals surface area (Å²) in [5, 5.41) is 2.97. The van der Waals surface area contributed by atoms with Gasteiger partial charge in [-0.3, -0.25) is 4.79 Å². The van der Waals surface area contributed by atoms with E-state index in [9.17, 15) is 4.79 Å². The Bertz CT molecular complexity index is 406. The molecule has 2 nitrogen and oxygen atoms in total. The van der Waals surface area contributed by atoms with Crippen molar-refractivity contribution in [3.05, 3.63) is 33.8 Å². The number of benzene rings is 1. The molecule has 0 bridgehead atoms. The third kappa shape index (κ3) is 2.26. The van der Waals surface area contributed by atoms with Crippen molar-refractivity contribution in [2.75, 3.05) is 0 Å². The second-order valence-electron chi connectivity index (χ2n) is 3.74. The lowest BCUT2D eigenvalue weighted by molar-refractivity contribution is -0.119. The van der Waals surface area contributed by atoms with Gasteiger partial charge in [-0.1, -0.05) is 37.9 Å². The van der Waals surface area contributed by atoms with Crippen molar-refractivity contribution < 1.29 is 4.79 Å². The minimum Gasteiger partial charge on any atom is -0.348 e. The lowest BCUT2D eigenvalue weighted by atomic mass is 10.1. The number of hydrogen-bond acceptors (Lipinski definition) is 1. The minimum absolute atomic E-state index is 0.0141. The SMILES string of the molecule is CC(=O)NC1c2ccc(Br)cc2CC1Br. The van der Waals surface area contributed by atoms with E-state index in [1.165, 1.54) is 11.1 Å². The Balaban J connectivity index is 2.33. The van der Waals surface area contributed by atoms with Crippen LogP contribution in [0.3, 0.4) is 0 Å². The molecule has 15 heavy (non-hydrogen) atoms. The van der Waals surface area contributed by atoms with E-state index in [0.29, 0.717) is 4.83 Å². The first kappa shape index (κ1) is 11.1. The van der Waals surface area contributed by atoms with E-state index >= 15 is 0 Å². The Morgan fingerprint density at radius 2 is 2.27 bits per heavy atom. The lowest BCUT2D eigenvalue weighted by Crippen LogP contribution is -2.29. The van der Waals surface area contributed by atoms with E-state index in [-0.39, 0.29) is 11.9 Å². The number of hydrogen-bond donors (Lipinski definition) is 1. The molecular formula is C11H11Br2NO. The molecule has 4 heteroatoms. The van der Waals surface area contributed by atoms with Gasteiger partial charge in [0.25, 0.3) is 0 Å². The molecule has 0 fully saturated rings. The summed E-state index contributed by atoms with van der Waals surface area (Å²) < 4.78 is 1.09. The molecule has 1 aromatic rings. The van der Waals surface area contributed by atoms with Crippen molar-refractivity contribution in [3.8, 4) is 0 Å². The first-order valence-corrected chi connectivity index (χ1v) is 6.48.